The predicted octanol–water partition coefficient (Wildman–Crippen LogP) is 5.87. The Hall–Kier alpha value is -3.49. The van der Waals surface area contributed by atoms with Crippen molar-refractivity contribution in [1.29, 1.82) is 0 Å². The van der Waals surface area contributed by atoms with Crippen molar-refractivity contribution in [3.63, 3.8) is 0 Å². The van der Waals surface area contributed by atoms with Gasteiger partial charge < -0.3 is 30.5 Å². The number of carboxylic acids is 1. The van der Waals surface area contributed by atoms with Gasteiger partial charge in [-0.2, -0.15) is 0 Å². The van der Waals surface area contributed by atoms with Gasteiger partial charge in [0.15, 0.2) is 0 Å². The van der Waals surface area contributed by atoms with Crippen molar-refractivity contribution in [2.45, 2.75) is 57.7 Å². The van der Waals surface area contributed by atoms with E-state index in [0.717, 1.165) is 87.5 Å². The molecule has 0 heterocycles. The third-order valence-corrected chi connectivity index (χ3v) is 6.96. The van der Waals surface area contributed by atoms with Crippen LogP contribution in [0.1, 0.15) is 66.9 Å². The number of aliphatic hydroxyl groups is 2. The summed E-state index contributed by atoms with van der Waals surface area (Å²) in [5.41, 5.74) is 5.45. The molecule has 1 atom stereocenters. The zero-order valence-corrected chi connectivity index (χ0v) is 23.7. The first-order valence-electron chi connectivity index (χ1n) is 14.5. The largest absolute Gasteiger partial charge is 0.508 e. The molecule has 0 aromatic heterocycles. The third kappa shape index (κ3) is 11.9. The van der Waals surface area contributed by atoms with E-state index in [0.29, 0.717) is 17.7 Å². The van der Waals surface area contributed by atoms with E-state index in [1.54, 1.807) is 18.2 Å². The Morgan fingerprint density at radius 3 is 2.39 bits per heavy atom. The SMILES string of the molecule is O=C(O)/C=C/c1cccc(-c2cccc(CCCCOCCCCCCNCC(O)c3ccc(O)c(CO)c3)c2)c1. The highest BCUT2D eigenvalue weighted by Crippen LogP contribution is 2.24. The molecule has 0 fully saturated rings. The first-order valence-corrected chi connectivity index (χ1v) is 14.5. The Kier molecular flexibility index (Phi) is 14.1. The molecular formula is C34H43NO6. The number of aryl methyl sites for hydroxylation is 1. The van der Waals surface area contributed by atoms with E-state index < -0.39 is 12.1 Å². The lowest BCUT2D eigenvalue weighted by atomic mass is 9.99. The number of benzene rings is 3. The van der Waals surface area contributed by atoms with E-state index in [-0.39, 0.29) is 12.4 Å². The molecule has 0 radical (unpaired) electrons. The van der Waals surface area contributed by atoms with Crippen molar-refractivity contribution in [1.82, 2.24) is 5.32 Å². The van der Waals surface area contributed by atoms with E-state index in [1.165, 1.54) is 11.6 Å². The molecule has 0 aliphatic heterocycles. The second kappa shape index (κ2) is 18.0. The first-order chi connectivity index (χ1) is 20.0. The number of rotatable bonds is 19. The summed E-state index contributed by atoms with van der Waals surface area (Å²) in [4.78, 5) is 10.8. The molecule has 3 aromatic rings. The molecule has 0 aliphatic carbocycles. The molecule has 0 amide bonds. The van der Waals surface area contributed by atoms with Gasteiger partial charge in [0, 0.05) is 31.4 Å². The molecule has 0 saturated carbocycles. The van der Waals surface area contributed by atoms with Gasteiger partial charge in [-0.15, -0.1) is 0 Å². The normalized spacial score (nSPS) is 12.1. The van der Waals surface area contributed by atoms with Gasteiger partial charge in [0.1, 0.15) is 5.75 Å². The number of nitrogens with one attached hydrogen (secondary N) is 1. The minimum Gasteiger partial charge on any atom is -0.508 e. The number of aliphatic hydroxyl groups excluding tert-OH is 2. The van der Waals surface area contributed by atoms with E-state index in [1.807, 2.05) is 24.3 Å². The smallest absolute Gasteiger partial charge is 0.328 e. The molecule has 1 unspecified atom stereocenters. The minimum atomic E-state index is -0.953. The molecule has 0 saturated heterocycles. The van der Waals surface area contributed by atoms with Crippen molar-refractivity contribution in [3.05, 3.63) is 95.1 Å². The Labute approximate surface area is 243 Å². The van der Waals surface area contributed by atoms with Crippen LogP contribution < -0.4 is 5.32 Å². The Morgan fingerprint density at radius 2 is 1.61 bits per heavy atom. The van der Waals surface area contributed by atoms with Crippen LogP contribution in [0, 0.1) is 0 Å². The lowest BCUT2D eigenvalue weighted by molar-refractivity contribution is -0.131. The molecule has 0 bridgehead atoms. The van der Waals surface area contributed by atoms with Gasteiger partial charge in [-0.25, -0.2) is 4.79 Å². The fraction of sp³-hybridized carbons (Fsp3) is 0.382. The number of aromatic hydroxyl groups is 1. The van der Waals surface area contributed by atoms with Crippen LogP contribution in [0.15, 0.2) is 72.8 Å². The fourth-order valence-electron chi connectivity index (χ4n) is 4.63. The summed E-state index contributed by atoms with van der Waals surface area (Å²) in [7, 11) is 0. The molecule has 220 valence electrons. The van der Waals surface area contributed by atoms with Crippen LogP contribution in [0.4, 0.5) is 0 Å². The zero-order chi connectivity index (χ0) is 29.3. The predicted molar refractivity (Wildman–Crippen MR) is 163 cm³/mol. The van der Waals surface area contributed by atoms with E-state index >= 15 is 0 Å². The van der Waals surface area contributed by atoms with Gasteiger partial charge in [0.05, 0.1) is 12.7 Å². The molecule has 3 rings (SSSR count). The Balaban J connectivity index is 1.21. The Bertz CT molecular complexity index is 1240. The summed E-state index contributed by atoms with van der Waals surface area (Å²) in [6.07, 6.45) is 9.46. The van der Waals surface area contributed by atoms with Crippen LogP contribution in [0.2, 0.25) is 0 Å². The van der Waals surface area contributed by atoms with Crippen LogP contribution in [0.25, 0.3) is 17.2 Å². The van der Waals surface area contributed by atoms with Crippen LogP contribution in [-0.4, -0.2) is 52.7 Å². The van der Waals surface area contributed by atoms with Gasteiger partial charge >= 0.3 is 5.97 Å². The number of carbonyl (C=O) groups is 1. The van der Waals surface area contributed by atoms with Crippen molar-refractivity contribution < 1.29 is 30.0 Å². The summed E-state index contributed by atoms with van der Waals surface area (Å²) in [5.74, 6) is -0.914. The van der Waals surface area contributed by atoms with Crippen molar-refractivity contribution in [3.8, 4) is 16.9 Å². The number of carboxylic acid groups (broad SMARTS) is 1. The molecule has 41 heavy (non-hydrogen) atoms. The molecular weight excluding hydrogens is 518 g/mol. The lowest BCUT2D eigenvalue weighted by Gasteiger charge is -2.14. The summed E-state index contributed by atoms with van der Waals surface area (Å²) < 4.78 is 5.82. The topological polar surface area (TPSA) is 119 Å². The van der Waals surface area contributed by atoms with Gasteiger partial charge in [0.2, 0.25) is 0 Å². The number of hydrogen-bond acceptors (Lipinski definition) is 6. The zero-order valence-electron chi connectivity index (χ0n) is 23.7. The maximum absolute atomic E-state index is 10.8. The molecule has 0 aliphatic rings. The van der Waals surface area contributed by atoms with Crippen molar-refractivity contribution in [2.24, 2.45) is 0 Å². The maximum atomic E-state index is 10.8. The highest BCUT2D eigenvalue weighted by molar-refractivity contribution is 5.85. The van der Waals surface area contributed by atoms with Gasteiger partial charge in [-0.1, -0.05) is 61.4 Å². The standard InChI is InChI=1S/C34H43NO6/c36-25-31-23-30(15-16-32(31)37)33(38)24-35-18-4-1-2-5-19-41-20-6-3-9-26-10-7-12-28(21-26)29-13-8-11-27(22-29)14-17-34(39)40/h7-8,10-17,21-23,33,35-38H,1-6,9,18-20,24-25H2,(H,39,40)/b17-14+. The van der Waals surface area contributed by atoms with E-state index in [9.17, 15) is 20.1 Å². The first kappa shape index (κ1) is 32.0. The van der Waals surface area contributed by atoms with Gasteiger partial charge in [-0.3, -0.25) is 0 Å². The molecule has 3 aromatic carbocycles. The summed E-state index contributed by atoms with van der Waals surface area (Å²) in [5, 5.41) is 41.3. The lowest BCUT2D eigenvalue weighted by Crippen LogP contribution is -2.22. The molecule has 7 heteroatoms. The molecule has 0 spiro atoms. The third-order valence-electron chi connectivity index (χ3n) is 6.96. The van der Waals surface area contributed by atoms with Crippen LogP contribution in [-0.2, 0) is 22.6 Å². The maximum Gasteiger partial charge on any atom is 0.328 e. The van der Waals surface area contributed by atoms with Crippen LogP contribution >= 0.6 is 0 Å². The van der Waals surface area contributed by atoms with Crippen molar-refractivity contribution in [2.75, 3.05) is 26.3 Å². The average Bonchev–Trinajstić information content (AvgIpc) is 2.98. The number of ether oxygens (including phenoxy) is 1. The molecule has 5 N–H and O–H groups in total. The summed E-state index contributed by atoms with van der Waals surface area (Å²) in [6.45, 7) is 2.56. The number of phenols is 1. The minimum absolute atomic E-state index is 0.0383. The van der Waals surface area contributed by atoms with Gasteiger partial charge in [-0.05, 0) is 90.7 Å². The summed E-state index contributed by atoms with van der Waals surface area (Å²) in [6, 6.07) is 21.2. The second-order valence-electron chi connectivity index (χ2n) is 10.2. The second-order valence-corrected chi connectivity index (χ2v) is 10.2. The van der Waals surface area contributed by atoms with Crippen LogP contribution in [0.3, 0.4) is 0 Å². The van der Waals surface area contributed by atoms with Crippen LogP contribution in [0.5, 0.6) is 5.75 Å². The summed E-state index contributed by atoms with van der Waals surface area (Å²) >= 11 is 0. The highest BCUT2D eigenvalue weighted by atomic mass is 16.5. The number of aliphatic carboxylic acids is 1. The average molecular weight is 562 g/mol. The van der Waals surface area contributed by atoms with E-state index in [2.05, 4.69) is 29.6 Å². The Morgan fingerprint density at radius 1 is 0.878 bits per heavy atom. The number of hydrogen-bond donors (Lipinski definition) is 5. The van der Waals surface area contributed by atoms with Gasteiger partial charge in [0.25, 0.3) is 0 Å². The monoisotopic (exact) mass is 561 g/mol. The van der Waals surface area contributed by atoms with E-state index in [4.69, 9.17) is 9.84 Å². The number of unbranched alkanes of at least 4 members (excludes halogenated alkanes) is 4. The highest BCUT2D eigenvalue weighted by Gasteiger charge is 2.10. The quantitative estimate of drug-likeness (QED) is 0.0917. The fourth-order valence-corrected chi connectivity index (χ4v) is 4.63. The van der Waals surface area contributed by atoms with Crippen molar-refractivity contribution >= 4 is 12.0 Å². The molecule has 7 nitrogen and oxygen atoms in total.